The number of rotatable bonds is 3. The zero-order valence-electron chi connectivity index (χ0n) is 13.4. The number of carbonyl (C=O) groups is 2. The summed E-state index contributed by atoms with van der Waals surface area (Å²) in [5.41, 5.74) is 1.55. The maximum Gasteiger partial charge on any atom is 0.340 e. The van der Waals surface area contributed by atoms with Crippen molar-refractivity contribution in [2.24, 2.45) is 0 Å². The largest absolute Gasteiger partial charge is 0.465 e. The summed E-state index contributed by atoms with van der Waals surface area (Å²) in [6, 6.07) is 8.63. The van der Waals surface area contributed by atoms with Gasteiger partial charge in [0.05, 0.1) is 34.0 Å². The first-order chi connectivity index (χ1) is 11.9. The van der Waals surface area contributed by atoms with Gasteiger partial charge in [-0.15, -0.1) is 11.3 Å². The van der Waals surface area contributed by atoms with Crippen molar-refractivity contribution in [3.63, 3.8) is 0 Å². The van der Waals surface area contributed by atoms with Gasteiger partial charge < -0.3 is 4.74 Å². The minimum absolute atomic E-state index is 0.243. The van der Waals surface area contributed by atoms with Gasteiger partial charge in [0.15, 0.2) is 0 Å². The van der Waals surface area contributed by atoms with Crippen LogP contribution in [0.3, 0.4) is 0 Å². The Bertz CT molecular complexity index is 916. The van der Waals surface area contributed by atoms with Gasteiger partial charge in [-0.1, -0.05) is 29.3 Å². The summed E-state index contributed by atoms with van der Waals surface area (Å²) in [6.45, 7) is 1.70. The molecule has 7 heteroatoms. The molecule has 1 aromatic carbocycles. The van der Waals surface area contributed by atoms with Crippen LogP contribution in [0.5, 0.6) is 0 Å². The Hall–Kier alpha value is -2.08. The first kappa shape index (κ1) is 17.7. The van der Waals surface area contributed by atoms with Gasteiger partial charge in [0.1, 0.15) is 0 Å². The van der Waals surface area contributed by atoms with Gasteiger partial charge in [-0.05, 0) is 42.6 Å². The molecule has 2 heterocycles. The molecule has 0 fully saturated rings. The molecule has 0 bridgehead atoms. The van der Waals surface area contributed by atoms with E-state index >= 15 is 0 Å². The number of hydrogen-bond acceptors (Lipinski definition) is 4. The third-order valence-corrected chi connectivity index (χ3v) is 5.34. The van der Waals surface area contributed by atoms with E-state index in [1.54, 1.807) is 31.2 Å². The van der Waals surface area contributed by atoms with Crippen molar-refractivity contribution in [2.75, 3.05) is 12.0 Å². The summed E-state index contributed by atoms with van der Waals surface area (Å²) in [7, 11) is 1.29. The molecular weight excluding hydrogens is 381 g/mol. The van der Waals surface area contributed by atoms with E-state index in [-0.39, 0.29) is 17.1 Å². The quantitative estimate of drug-likeness (QED) is 0.548. The molecule has 25 heavy (non-hydrogen) atoms. The molecule has 0 saturated heterocycles. The molecule has 0 atom stereocenters. The number of halogens is 2. The fraction of sp³-hybridized carbons (Fsp3) is 0.111. The smallest absolute Gasteiger partial charge is 0.340 e. The molecule has 1 aromatic heterocycles. The molecule has 0 saturated carbocycles. The lowest BCUT2D eigenvalue weighted by Crippen LogP contribution is -2.24. The summed E-state index contributed by atoms with van der Waals surface area (Å²) in [5, 5.41) is 2.62. The number of amides is 1. The highest BCUT2D eigenvalue weighted by molar-refractivity contribution is 7.10. The average molecular weight is 394 g/mol. The fourth-order valence-electron chi connectivity index (χ4n) is 2.63. The molecule has 0 radical (unpaired) electrons. The highest BCUT2D eigenvalue weighted by atomic mass is 35.5. The Balaban J connectivity index is 2.15. The van der Waals surface area contributed by atoms with Gasteiger partial charge >= 0.3 is 5.97 Å². The molecule has 0 aliphatic carbocycles. The van der Waals surface area contributed by atoms with Crippen molar-refractivity contribution in [3.05, 3.63) is 67.5 Å². The maximum atomic E-state index is 13.0. The molecule has 3 rings (SSSR count). The number of hydrogen-bond donors (Lipinski definition) is 0. The second kappa shape index (κ2) is 7.04. The number of ether oxygens (including phenoxy) is 1. The second-order valence-electron chi connectivity index (χ2n) is 5.26. The van der Waals surface area contributed by atoms with Gasteiger partial charge in [0.25, 0.3) is 5.91 Å². The number of allylic oxidation sites excluding steroid dienone is 1. The number of thiophene rings is 1. The monoisotopic (exact) mass is 393 g/mol. The summed E-state index contributed by atoms with van der Waals surface area (Å²) < 4.78 is 4.87. The van der Waals surface area contributed by atoms with Gasteiger partial charge in [0, 0.05) is 10.6 Å². The van der Waals surface area contributed by atoms with E-state index in [2.05, 4.69) is 0 Å². The van der Waals surface area contributed by atoms with E-state index in [1.807, 2.05) is 17.5 Å². The molecule has 1 amide bonds. The fourth-order valence-corrected chi connectivity index (χ4v) is 3.58. The van der Waals surface area contributed by atoms with Crippen molar-refractivity contribution in [1.29, 1.82) is 0 Å². The van der Waals surface area contributed by atoms with Crippen LogP contribution >= 0.6 is 34.5 Å². The number of methoxy groups -OCH3 is 1. The highest BCUT2D eigenvalue weighted by Gasteiger charge is 2.38. The van der Waals surface area contributed by atoms with Crippen LogP contribution in [0.1, 0.15) is 11.8 Å². The lowest BCUT2D eigenvalue weighted by atomic mass is 10.1. The topological polar surface area (TPSA) is 46.6 Å². The van der Waals surface area contributed by atoms with Gasteiger partial charge in [-0.2, -0.15) is 0 Å². The lowest BCUT2D eigenvalue weighted by Gasteiger charge is -2.18. The lowest BCUT2D eigenvalue weighted by molar-refractivity contribution is -0.136. The second-order valence-corrected chi connectivity index (χ2v) is 7.06. The predicted molar refractivity (Wildman–Crippen MR) is 101 cm³/mol. The van der Waals surface area contributed by atoms with Crippen LogP contribution in [-0.2, 0) is 14.3 Å². The van der Waals surface area contributed by atoms with E-state index in [1.165, 1.54) is 23.3 Å². The van der Waals surface area contributed by atoms with E-state index in [9.17, 15) is 9.59 Å². The van der Waals surface area contributed by atoms with Gasteiger partial charge in [-0.25, -0.2) is 4.79 Å². The van der Waals surface area contributed by atoms with E-state index in [0.717, 1.165) is 4.88 Å². The van der Waals surface area contributed by atoms with Crippen LogP contribution in [0.15, 0.2) is 52.6 Å². The van der Waals surface area contributed by atoms with Crippen LogP contribution in [0, 0.1) is 0 Å². The van der Waals surface area contributed by atoms with Gasteiger partial charge in [-0.3, -0.25) is 9.69 Å². The summed E-state index contributed by atoms with van der Waals surface area (Å²) >= 11 is 13.5. The third kappa shape index (κ3) is 3.23. The highest BCUT2D eigenvalue weighted by Crippen LogP contribution is 2.37. The van der Waals surface area contributed by atoms with Crippen LogP contribution in [-0.4, -0.2) is 19.0 Å². The number of esters is 1. The van der Waals surface area contributed by atoms with Crippen LogP contribution in [0.2, 0.25) is 10.0 Å². The Labute approximate surface area is 158 Å². The molecule has 0 spiro atoms. The van der Waals surface area contributed by atoms with Crippen LogP contribution in [0.4, 0.5) is 5.69 Å². The van der Waals surface area contributed by atoms with Crippen molar-refractivity contribution < 1.29 is 14.3 Å². The molecule has 0 N–H and O–H groups in total. The number of benzene rings is 1. The van der Waals surface area contributed by atoms with Crippen molar-refractivity contribution in [3.8, 4) is 0 Å². The van der Waals surface area contributed by atoms with E-state index < -0.39 is 5.97 Å². The van der Waals surface area contributed by atoms with Crippen LogP contribution in [0.25, 0.3) is 6.08 Å². The zero-order valence-corrected chi connectivity index (χ0v) is 15.7. The summed E-state index contributed by atoms with van der Waals surface area (Å²) in [4.78, 5) is 27.6. The van der Waals surface area contributed by atoms with Crippen molar-refractivity contribution in [2.45, 2.75) is 6.92 Å². The summed E-state index contributed by atoms with van der Waals surface area (Å²) in [6.07, 6.45) is 1.69. The molecule has 1 aliphatic heterocycles. The van der Waals surface area contributed by atoms with Crippen molar-refractivity contribution in [1.82, 2.24) is 0 Å². The number of anilines is 1. The van der Waals surface area contributed by atoms with Gasteiger partial charge in [0.2, 0.25) is 0 Å². The first-order valence-corrected chi connectivity index (χ1v) is 8.92. The van der Waals surface area contributed by atoms with E-state index in [0.29, 0.717) is 21.4 Å². The average Bonchev–Trinajstić information content (AvgIpc) is 3.17. The minimum atomic E-state index is -0.559. The molecular formula is C18H13Cl2NO3S. The molecule has 2 aromatic rings. The Kier molecular flexibility index (Phi) is 4.99. The SMILES string of the molecule is COC(=O)C1=C(C)N(c2ccc(Cl)c(Cl)c2)C(=O)C1=Cc1cccs1. The molecule has 4 nitrogen and oxygen atoms in total. The van der Waals surface area contributed by atoms with Crippen molar-refractivity contribution >= 4 is 58.2 Å². The Morgan fingerprint density at radius 3 is 2.60 bits per heavy atom. The van der Waals surface area contributed by atoms with Crippen LogP contribution < -0.4 is 4.90 Å². The Morgan fingerprint density at radius 1 is 1.24 bits per heavy atom. The Morgan fingerprint density at radius 2 is 2.00 bits per heavy atom. The molecule has 0 unspecified atom stereocenters. The van der Waals surface area contributed by atoms with E-state index in [4.69, 9.17) is 27.9 Å². The summed E-state index contributed by atoms with van der Waals surface area (Å²) in [5.74, 6) is -0.874. The first-order valence-electron chi connectivity index (χ1n) is 7.28. The zero-order chi connectivity index (χ0) is 18.1. The molecule has 128 valence electrons. The minimum Gasteiger partial charge on any atom is -0.465 e. The normalized spacial score (nSPS) is 16.1. The standard InChI is InChI=1S/C18H13Cl2NO3S/c1-10-16(18(23)24-2)13(9-12-4-3-7-25-12)17(22)21(10)11-5-6-14(19)15(20)8-11/h3-9H,1-2H3. The molecule has 1 aliphatic rings. The maximum absolute atomic E-state index is 13.0. The third-order valence-electron chi connectivity index (χ3n) is 3.78. The predicted octanol–water partition coefficient (Wildman–Crippen LogP) is 4.93. The number of nitrogens with zero attached hydrogens (tertiary/aromatic N) is 1. The number of carbonyl (C=O) groups excluding carboxylic acids is 2.